The number of hydrogen-bond acceptors (Lipinski definition) is 5. The van der Waals surface area contributed by atoms with Gasteiger partial charge >= 0.3 is 11.9 Å². The van der Waals surface area contributed by atoms with Crippen LogP contribution in [0, 0.1) is 0 Å². The molecule has 0 saturated heterocycles. The Morgan fingerprint density at radius 2 is 0.712 bits per heavy atom. The molecule has 0 aliphatic carbocycles. The lowest BCUT2D eigenvalue weighted by atomic mass is 10.1. The molecule has 0 heterocycles. The van der Waals surface area contributed by atoms with Crippen molar-refractivity contribution >= 4 is 11.9 Å². The predicted octanol–water partition coefficient (Wildman–Crippen LogP) is 18.6. The summed E-state index contributed by atoms with van der Waals surface area (Å²) in [5.74, 6) is -0.512. The highest BCUT2D eigenvalue weighted by Crippen LogP contribution is 2.13. The maximum atomic E-state index is 12.8. The van der Waals surface area contributed by atoms with Crippen LogP contribution >= 0.6 is 0 Å². The zero-order valence-electron chi connectivity index (χ0n) is 42.9. The van der Waals surface area contributed by atoms with Crippen LogP contribution in [0.1, 0.15) is 226 Å². The summed E-state index contributed by atoms with van der Waals surface area (Å²) in [6, 6.07) is 0. The summed E-state index contributed by atoms with van der Waals surface area (Å²) in [6.07, 6.45) is 78.0. The van der Waals surface area contributed by atoms with E-state index in [1.807, 2.05) is 6.08 Å². The van der Waals surface area contributed by atoms with Crippen LogP contribution in [0.2, 0.25) is 0 Å². The zero-order chi connectivity index (χ0) is 47.7. The third-order valence-electron chi connectivity index (χ3n) is 11.0. The van der Waals surface area contributed by atoms with Crippen molar-refractivity contribution in [1.82, 2.24) is 0 Å². The van der Waals surface area contributed by atoms with Crippen molar-refractivity contribution < 1.29 is 23.8 Å². The molecule has 0 radical (unpaired) electrons. The van der Waals surface area contributed by atoms with Crippen LogP contribution in [0.25, 0.3) is 0 Å². The fourth-order valence-corrected chi connectivity index (χ4v) is 7.01. The first-order valence-electron chi connectivity index (χ1n) is 27.1. The Balaban J connectivity index is 4.37. The Morgan fingerprint density at radius 3 is 1.15 bits per heavy atom. The van der Waals surface area contributed by atoms with E-state index in [1.165, 1.54) is 83.5 Å². The molecule has 0 rings (SSSR count). The number of hydrogen-bond donors (Lipinski definition) is 0. The normalized spacial score (nSPS) is 13.2. The van der Waals surface area contributed by atoms with E-state index in [9.17, 15) is 9.59 Å². The van der Waals surface area contributed by atoms with Crippen LogP contribution in [0.15, 0.2) is 122 Å². The third-order valence-corrected chi connectivity index (χ3v) is 11.0. The minimum Gasteiger partial charge on any atom is -0.462 e. The average Bonchev–Trinajstić information content (AvgIpc) is 3.32. The lowest BCUT2D eigenvalue weighted by molar-refractivity contribution is -0.162. The molecule has 0 spiro atoms. The first-order valence-corrected chi connectivity index (χ1v) is 27.1. The van der Waals surface area contributed by atoms with Gasteiger partial charge in [-0.1, -0.05) is 219 Å². The van der Waals surface area contributed by atoms with E-state index in [1.54, 1.807) is 0 Å². The summed E-state index contributed by atoms with van der Waals surface area (Å²) in [5, 5.41) is 0. The van der Waals surface area contributed by atoms with Gasteiger partial charge in [0.15, 0.2) is 6.10 Å². The van der Waals surface area contributed by atoms with Crippen LogP contribution in [-0.4, -0.2) is 37.9 Å². The number of allylic oxidation sites excluding steroid dienone is 20. The van der Waals surface area contributed by atoms with E-state index >= 15 is 0 Å². The van der Waals surface area contributed by atoms with Crippen molar-refractivity contribution in [3.05, 3.63) is 122 Å². The van der Waals surface area contributed by atoms with Gasteiger partial charge in [-0.2, -0.15) is 0 Å². The first kappa shape index (κ1) is 62.3. The van der Waals surface area contributed by atoms with E-state index in [0.29, 0.717) is 19.4 Å². The molecule has 0 aromatic carbocycles. The lowest BCUT2D eigenvalue weighted by Gasteiger charge is -2.18. The van der Waals surface area contributed by atoms with Gasteiger partial charge in [-0.15, -0.1) is 0 Å². The van der Waals surface area contributed by atoms with Gasteiger partial charge in [0.2, 0.25) is 0 Å². The van der Waals surface area contributed by atoms with Gasteiger partial charge in [-0.25, -0.2) is 0 Å². The molecule has 0 fully saturated rings. The monoisotopic (exact) mass is 913 g/mol. The van der Waals surface area contributed by atoms with Gasteiger partial charge in [0.05, 0.1) is 6.61 Å². The van der Waals surface area contributed by atoms with E-state index in [-0.39, 0.29) is 31.6 Å². The fraction of sp³-hybridized carbons (Fsp3) is 0.639. The summed E-state index contributed by atoms with van der Waals surface area (Å²) in [4.78, 5) is 25.4. The standard InChI is InChI=1S/C61H100O5/c1-4-7-10-13-16-19-22-25-27-29-30-31-33-35-38-41-44-47-50-53-56-64-57-59(66-61(63)55-52-49-46-43-40-36-24-21-18-15-12-9-6-3)58-65-60(62)54-51-48-45-42-39-37-34-32-28-26-23-20-17-14-11-8-5-2/h7,9-10,12,16-21,25-28,30-31,36,40,46,49,59H,4-6,8,11,13-15,22-24,29,32-35,37-39,41-45,47-48,50-58H2,1-3H3/b10-7-,12-9-,19-16-,20-17-,21-18-,27-25-,28-26-,31-30-,40-36-,49-46-. The first-order chi connectivity index (χ1) is 32.6. The minimum absolute atomic E-state index is 0.0408. The van der Waals surface area contributed by atoms with Gasteiger partial charge in [-0.05, 0) is 116 Å². The predicted molar refractivity (Wildman–Crippen MR) is 288 cm³/mol. The average molecular weight is 913 g/mol. The van der Waals surface area contributed by atoms with Gasteiger partial charge in [0, 0.05) is 19.4 Å². The molecule has 0 aromatic rings. The minimum atomic E-state index is -0.592. The van der Waals surface area contributed by atoms with Gasteiger partial charge in [0.25, 0.3) is 0 Å². The van der Waals surface area contributed by atoms with Crippen LogP contribution in [0.5, 0.6) is 0 Å². The number of carbonyl (C=O) groups is 2. The topological polar surface area (TPSA) is 61.8 Å². The van der Waals surface area contributed by atoms with E-state index in [2.05, 4.69) is 136 Å². The Morgan fingerprint density at radius 1 is 0.348 bits per heavy atom. The molecule has 0 N–H and O–H groups in total. The fourth-order valence-electron chi connectivity index (χ4n) is 7.01. The Labute approximate surface area is 407 Å². The van der Waals surface area contributed by atoms with Crippen LogP contribution < -0.4 is 0 Å². The molecule has 0 saturated carbocycles. The second-order valence-corrected chi connectivity index (χ2v) is 17.4. The maximum absolute atomic E-state index is 12.8. The van der Waals surface area contributed by atoms with Gasteiger partial charge < -0.3 is 14.2 Å². The lowest BCUT2D eigenvalue weighted by Crippen LogP contribution is -2.30. The molecule has 1 atom stereocenters. The molecule has 1 unspecified atom stereocenters. The molecular formula is C61H100O5. The summed E-state index contributed by atoms with van der Waals surface area (Å²) in [6.45, 7) is 7.46. The molecule has 0 bridgehead atoms. The van der Waals surface area contributed by atoms with E-state index in [4.69, 9.17) is 14.2 Å². The molecule has 66 heavy (non-hydrogen) atoms. The maximum Gasteiger partial charge on any atom is 0.306 e. The molecule has 5 heteroatoms. The van der Waals surface area contributed by atoms with Crippen LogP contribution in [0.3, 0.4) is 0 Å². The Kier molecular flexibility index (Phi) is 52.5. The molecule has 0 amide bonds. The van der Waals surface area contributed by atoms with Crippen LogP contribution in [0.4, 0.5) is 0 Å². The SMILES string of the molecule is CC/C=C\C/C=C\C/C=C\C/C=C\CCCCCCCCCOCC(COC(=O)CCCCCCCCC/C=C\C/C=C\CCCCC)OC(=O)CC/C=C\C/C=C\C/C=C\C/C=C\CC. The second-order valence-electron chi connectivity index (χ2n) is 17.4. The quantitative estimate of drug-likeness (QED) is 0.0346. The van der Waals surface area contributed by atoms with Crippen molar-refractivity contribution in [2.45, 2.75) is 232 Å². The smallest absolute Gasteiger partial charge is 0.306 e. The molecule has 0 aliphatic rings. The third kappa shape index (κ3) is 52.9. The Hall–Kier alpha value is -3.70. The van der Waals surface area contributed by atoms with Crippen molar-refractivity contribution in [2.75, 3.05) is 19.8 Å². The summed E-state index contributed by atoms with van der Waals surface area (Å²) >= 11 is 0. The van der Waals surface area contributed by atoms with Crippen molar-refractivity contribution in [3.63, 3.8) is 0 Å². The second kappa shape index (κ2) is 55.6. The Bertz CT molecular complexity index is 1350. The van der Waals surface area contributed by atoms with Crippen molar-refractivity contribution in [3.8, 4) is 0 Å². The summed E-state index contributed by atoms with van der Waals surface area (Å²) < 4.78 is 17.3. The number of rotatable bonds is 48. The summed E-state index contributed by atoms with van der Waals surface area (Å²) in [7, 11) is 0. The highest BCUT2D eigenvalue weighted by Gasteiger charge is 2.17. The number of unbranched alkanes of at least 4 members (excludes halogenated alkanes) is 17. The zero-order valence-corrected chi connectivity index (χ0v) is 42.9. The number of carbonyl (C=O) groups excluding carboxylic acids is 2. The molecule has 0 aliphatic heterocycles. The van der Waals surface area contributed by atoms with Gasteiger partial charge in [0.1, 0.15) is 6.61 Å². The van der Waals surface area contributed by atoms with Gasteiger partial charge in [-0.3, -0.25) is 9.59 Å². The highest BCUT2D eigenvalue weighted by molar-refractivity contribution is 5.70. The molecule has 0 aromatic heterocycles. The molecule has 5 nitrogen and oxygen atoms in total. The van der Waals surface area contributed by atoms with Crippen LogP contribution in [-0.2, 0) is 23.8 Å². The number of ether oxygens (including phenoxy) is 3. The molecular weight excluding hydrogens is 813 g/mol. The van der Waals surface area contributed by atoms with E-state index in [0.717, 1.165) is 103 Å². The van der Waals surface area contributed by atoms with E-state index < -0.39 is 6.10 Å². The number of esters is 2. The molecule has 374 valence electrons. The largest absolute Gasteiger partial charge is 0.462 e. The highest BCUT2D eigenvalue weighted by atomic mass is 16.6. The summed E-state index contributed by atoms with van der Waals surface area (Å²) in [5.41, 5.74) is 0. The van der Waals surface area contributed by atoms with Crippen molar-refractivity contribution in [1.29, 1.82) is 0 Å². The van der Waals surface area contributed by atoms with Crippen molar-refractivity contribution in [2.24, 2.45) is 0 Å².